The van der Waals surface area contributed by atoms with Crippen LogP contribution < -0.4 is 0 Å². The van der Waals surface area contributed by atoms with Gasteiger partial charge in [-0.25, -0.2) is 0 Å². The third-order valence-corrected chi connectivity index (χ3v) is 5.98. The fourth-order valence-electron chi connectivity index (χ4n) is 3.63. The summed E-state index contributed by atoms with van der Waals surface area (Å²) >= 11 is 0. The fourth-order valence-corrected chi connectivity index (χ4v) is 3.63. The molecule has 0 aliphatic heterocycles. The number of aliphatic carboxylic acids is 1. The summed E-state index contributed by atoms with van der Waals surface area (Å²) in [4.78, 5) is 10.8. The van der Waals surface area contributed by atoms with E-state index in [0.717, 1.165) is 38.5 Å². The quantitative estimate of drug-likeness (QED) is 0.0892. The Morgan fingerprint density at radius 2 is 1.36 bits per heavy atom. The van der Waals surface area contributed by atoms with Gasteiger partial charge in [0.25, 0.3) is 0 Å². The smallest absolute Gasteiger partial charge is 0.306 e. The summed E-state index contributed by atoms with van der Waals surface area (Å²) < 4.78 is 0. The Labute approximate surface area is 222 Å². The van der Waals surface area contributed by atoms with Crippen molar-refractivity contribution in [3.63, 3.8) is 0 Å². The molecule has 0 aromatic rings. The van der Waals surface area contributed by atoms with Crippen LogP contribution in [0.5, 0.6) is 0 Å². The molecule has 0 saturated heterocycles. The standard InChI is InChI=1S/C33H52O3/c1-3-4-25-29-32(34)30-27-24-22-20-18-16-14-12-10-8-6-5-7-9-11-13-15-17-19-21-23-26-28-31(2)33(35)36/h4-6,10,12,16,18,25,27,30-32,34H,3,7-9,11,13-15,17,19-21,23,26,28-29H2,1-2H3,(H,35,36)/b6-5-,12-10-,18-16-,25-4-,30-27+/t31-,32?/m0/s1. The van der Waals surface area contributed by atoms with Crippen molar-refractivity contribution < 1.29 is 15.0 Å². The molecule has 0 saturated carbocycles. The summed E-state index contributed by atoms with van der Waals surface area (Å²) in [5.41, 5.74) is 0. The number of unbranched alkanes of at least 4 members (excludes halogenated alkanes) is 9. The van der Waals surface area contributed by atoms with Gasteiger partial charge in [-0.05, 0) is 57.1 Å². The van der Waals surface area contributed by atoms with E-state index in [4.69, 9.17) is 5.11 Å². The maximum Gasteiger partial charge on any atom is 0.306 e. The molecule has 2 atom stereocenters. The van der Waals surface area contributed by atoms with Gasteiger partial charge >= 0.3 is 5.97 Å². The van der Waals surface area contributed by atoms with Gasteiger partial charge in [-0.1, -0.05) is 126 Å². The second-order valence-electron chi connectivity index (χ2n) is 9.45. The number of aliphatic hydroxyl groups excluding tert-OH is 1. The first-order valence-electron chi connectivity index (χ1n) is 14.2. The lowest BCUT2D eigenvalue weighted by Gasteiger charge is -2.05. The summed E-state index contributed by atoms with van der Waals surface area (Å²) in [5, 5.41) is 18.6. The highest BCUT2D eigenvalue weighted by Crippen LogP contribution is 2.14. The Hall–Kier alpha value is -2.31. The van der Waals surface area contributed by atoms with E-state index in [-0.39, 0.29) is 5.92 Å². The molecular formula is C33H52O3. The van der Waals surface area contributed by atoms with E-state index in [2.05, 4.69) is 61.3 Å². The van der Waals surface area contributed by atoms with Gasteiger partial charge in [0.1, 0.15) is 0 Å². The molecule has 0 fully saturated rings. The van der Waals surface area contributed by atoms with Gasteiger partial charge in [0.2, 0.25) is 0 Å². The van der Waals surface area contributed by atoms with Crippen molar-refractivity contribution in [2.24, 2.45) is 5.92 Å². The van der Waals surface area contributed by atoms with E-state index >= 15 is 0 Å². The van der Waals surface area contributed by atoms with E-state index < -0.39 is 12.1 Å². The maximum absolute atomic E-state index is 10.8. The largest absolute Gasteiger partial charge is 0.481 e. The van der Waals surface area contributed by atoms with Crippen molar-refractivity contribution in [3.8, 4) is 11.8 Å². The number of hydrogen-bond donors (Lipinski definition) is 2. The number of rotatable bonds is 22. The van der Waals surface area contributed by atoms with Crippen LogP contribution in [0.1, 0.15) is 117 Å². The molecule has 3 nitrogen and oxygen atoms in total. The topological polar surface area (TPSA) is 57.5 Å². The molecule has 202 valence electrons. The summed E-state index contributed by atoms with van der Waals surface area (Å²) in [6.45, 7) is 3.88. The highest BCUT2D eigenvalue weighted by atomic mass is 16.4. The average molecular weight is 497 g/mol. The Morgan fingerprint density at radius 3 is 2.00 bits per heavy atom. The van der Waals surface area contributed by atoms with E-state index in [0.29, 0.717) is 6.42 Å². The molecular weight excluding hydrogens is 444 g/mol. The van der Waals surface area contributed by atoms with Crippen molar-refractivity contribution in [1.82, 2.24) is 0 Å². The molecule has 0 aliphatic rings. The highest BCUT2D eigenvalue weighted by Gasteiger charge is 2.09. The molecule has 3 heteroatoms. The Balaban J connectivity index is 3.49. The zero-order valence-electron chi connectivity index (χ0n) is 23.0. The zero-order chi connectivity index (χ0) is 26.5. The summed E-state index contributed by atoms with van der Waals surface area (Å²) in [5.74, 6) is 5.17. The third-order valence-electron chi connectivity index (χ3n) is 5.98. The van der Waals surface area contributed by atoms with Crippen LogP contribution in [-0.2, 0) is 4.79 Å². The van der Waals surface area contributed by atoms with Crippen molar-refractivity contribution in [2.75, 3.05) is 0 Å². The predicted octanol–water partition coefficient (Wildman–Crippen LogP) is 9.11. The molecule has 1 unspecified atom stereocenters. The lowest BCUT2D eigenvalue weighted by molar-refractivity contribution is -0.141. The number of carbonyl (C=O) groups is 1. The van der Waals surface area contributed by atoms with Crippen molar-refractivity contribution >= 4 is 5.97 Å². The second kappa shape index (κ2) is 27.3. The van der Waals surface area contributed by atoms with E-state index in [9.17, 15) is 9.90 Å². The van der Waals surface area contributed by atoms with E-state index in [1.807, 2.05) is 6.08 Å². The van der Waals surface area contributed by atoms with Crippen LogP contribution in [0, 0.1) is 17.8 Å². The minimum Gasteiger partial charge on any atom is -0.481 e. The molecule has 0 heterocycles. The Morgan fingerprint density at radius 1 is 0.778 bits per heavy atom. The maximum atomic E-state index is 10.8. The van der Waals surface area contributed by atoms with Crippen molar-refractivity contribution in [2.45, 2.75) is 123 Å². The summed E-state index contributed by atoms with van der Waals surface area (Å²) in [7, 11) is 0. The minimum absolute atomic E-state index is 0.192. The van der Waals surface area contributed by atoms with E-state index in [1.165, 1.54) is 57.8 Å². The molecule has 0 bridgehead atoms. The Kier molecular flexibility index (Phi) is 25.5. The van der Waals surface area contributed by atoms with Crippen LogP contribution in [0.4, 0.5) is 0 Å². The van der Waals surface area contributed by atoms with Crippen LogP contribution in [0.25, 0.3) is 0 Å². The van der Waals surface area contributed by atoms with Gasteiger partial charge < -0.3 is 10.2 Å². The molecule has 0 spiro atoms. The van der Waals surface area contributed by atoms with Crippen LogP contribution in [0.3, 0.4) is 0 Å². The molecule has 0 rings (SSSR count). The van der Waals surface area contributed by atoms with Crippen LogP contribution >= 0.6 is 0 Å². The lowest BCUT2D eigenvalue weighted by Crippen LogP contribution is -2.08. The van der Waals surface area contributed by atoms with Crippen molar-refractivity contribution in [3.05, 3.63) is 60.8 Å². The fraction of sp³-hybridized carbons (Fsp3) is 0.606. The van der Waals surface area contributed by atoms with Gasteiger partial charge in [0, 0.05) is 6.42 Å². The van der Waals surface area contributed by atoms with Gasteiger partial charge in [-0.2, -0.15) is 0 Å². The molecule has 2 N–H and O–H groups in total. The second-order valence-corrected chi connectivity index (χ2v) is 9.45. The van der Waals surface area contributed by atoms with Crippen molar-refractivity contribution in [1.29, 1.82) is 0 Å². The minimum atomic E-state index is -0.666. The Bertz CT molecular complexity index is 715. The number of aliphatic hydroxyl groups is 1. The van der Waals surface area contributed by atoms with Crippen LogP contribution in [-0.4, -0.2) is 22.3 Å². The lowest BCUT2D eigenvalue weighted by atomic mass is 10.0. The molecule has 0 aromatic heterocycles. The summed E-state index contributed by atoms with van der Waals surface area (Å²) in [6.07, 6.45) is 37.9. The molecule has 0 aliphatic carbocycles. The predicted molar refractivity (Wildman–Crippen MR) is 156 cm³/mol. The summed E-state index contributed by atoms with van der Waals surface area (Å²) in [6, 6.07) is 0. The normalized spacial score (nSPS) is 13.9. The highest BCUT2D eigenvalue weighted by molar-refractivity contribution is 5.69. The molecule has 0 aromatic carbocycles. The zero-order valence-corrected chi connectivity index (χ0v) is 23.0. The molecule has 0 amide bonds. The first-order valence-corrected chi connectivity index (χ1v) is 14.2. The number of carboxylic acids is 1. The van der Waals surface area contributed by atoms with E-state index in [1.54, 1.807) is 19.1 Å². The first kappa shape index (κ1) is 33.7. The SMILES string of the molecule is CC/C=C\CC(O)/C=C/C#CC/C=C\C/C=C\C/C=C\CCCCCCCCCCC[C@H](C)C(=O)O. The average Bonchev–Trinajstić information content (AvgIpc) is 2.86. The van der Waals surface area contributed by atoms with Crippen LogP contribution in [0.15, 0.2) is 60.8 Å². The van der Waals surface area contributed by atoms with Crippen LogP contribution in [0.2, 0.25) is 0 Å². The monoisotopic (exact) mass is 496 g/mol. The van der Waals surface area contributed by atoms with Gasteiger partial charge in [-0.15, -0.1) is 0 Å². The number of allylic oxidation sites excluding steroid dienone is 8. The molecule has 0 radical (unpaired) electrons. The van der Waals surface area contributed by atoms with Gasteiger partial charge in [0.15, 0.2) is 0 Å². The number of hydrogen-bond acceptors (Lipinski definition) is 2. The first-order chi connectivity index (χ1) is 17.6. The van der Waals surface area contributed by atoms with Gasteiger partial charge in [0.05, 0.1) is 12.0 Å². The molecule has 36 heavy (non-hydrogen) atoms. The van der Waals surface area contributed by atoms with Gasteiger partial charge in [-0.3, -0.25) is 4.79 Å². The number of carboxylic acid groups (broad SMARTS) is 1. The third kappa shape index (κ3) is 26.3.